The molecule has 5 nitrogen and oxygen atoms in total. The van der Waals surface area contributed by atoms with Crippen molar-refractivity contribution in [2.45, 2.75) is 33.2 Å². The van der Waals surface area contributed by atoms with Crippen LogP contribution in [-0.2, 0) is 0 Å². The summed E-state index contributed by atoms with van der Waals surface area (Å²) >= 11 is 5.94. The third-order valence-electron chi connectivity index (χ3n) is 5.01. The van der Waals surface area contributed by atoms with E-state index >= 15 is 0 Å². The maximum Gasteiger partial charge on any atom is 0.274 e. The fourth-order valence-electron chi connectivity index (χ4n) is 3.90. The summed E-state index contributed by atoms with van der Waals surface area (Å²) in [6, 6.07) is 1.78. The highest BCUT2D eigenvalue weighted by Gasteiger charge is 2.39. The third-order valence-corrected chi connectivity index (χ3v) is 5.21. The minimum atomic E-state index is -0.0571. The summed E-state index contributed by atoms with van der Waals surface area (Å²) < 4.78 is 1.55. The van der Waals surface area contributed by atoms with Gasteiger partial charge in [-0.25, -0.2) is 9.50 Å². The lowest BCUT2D eigenvalue weighted by molar-refractivity contribution is 0.0690. The van der Waals surface area contributed by atoms with E-state index in [0.29, 0.717) is 22.9 Å². The van der Waals surface area contributed by atoms with Crippen molar-refractivity contribution in [3.05, 3.63) is 52.5 Å². The fourth-order valence-corrected chi connectivity index (χ4v) is 4.04. The molecule has 4 rings (SSSR count). The monoisotopic (exact) mass is 342 g/mol. The number of halogens is 1. The van der Waals surface area contributed by atoms with Crippen LogP contribution in [0.3, 0.4) is 0 Å². The van der Waals surface area contributed by atoms with Gasteiger partial charge in [0.2, 0.25) is 0 Å². The number of aromatic nitrogens is 3. The second kappa shape index (κ2) is 5.18. The first-order valence-corrected chi connectivity index (χ1v) is 8.49. The van der Waals surface area contributed by atoms with E-state index < -0.39 is 0 Å². The van der Waals surface area contributed by atoms with Crippen LogP contribution in [0.4, 0.5) is 0 Å². The maximum absolute atomic E-state index is 13.0. The molecule has 0 aromatic carbocycles. The standard InChI is InChI=1S/C18H19ClN4O/c1-11-16-12(4-6-18(16,2)3)5-7-22(11)17(24)14-8-15-20-9-13(19)10-23(15)21-14/h4,6,8-11H,5,7H2,1-3H3. The topological polar surface area (TPSA) is 50.5 Å². The van der Waals surface area contributed by atoms with Gasteiger partial charge in [-0.2, -0.15) is 5.10 Å². The van der Waals surface area contributed by atoms with Gasteiger partial charge in [0.1, 0.15) is 0 Å². The summed E-state index contributed by atoms with van der Waals surface area (Å²) in [5.41, 5.74) is 3.74. The molecule has 24 heavy (non-hydrogen) atoms. The molecule has 0 saturated heterocycles. The molecule has 0 fully saturated rings. The van der Waals surface area contributed by atoms with Crippen LogP contribution in [0, 0.1) is 5.41 Å². The molecule has 1 amide bonds. The summed E-state index contributed by atoms with van der Waals surface area (Å²) in [5, 5.41) is 4.84. The van der Waals surface area contributed by atoms with E-state index in [2.05, 4.69) is 43.0 Å². The van der Waals surface area contributed by atoms with Crippen LogP contribution in [0.1, 0.15) is 37.7 Å². The highest BCUT2D eigenvalue weighted by molar-refractivity contribution is 6.30. The first kappa shape index (κ1) is 15.4. The molecule has 2 aliphatic rings. The zero-order chi connectivity index (χ0) is 17.1. The summed E-state index contributed by atoms with van der Waals surface area (Å²) in [7, 11) is 0. The van der Waals surface area contributed by atoms with E-state index in [1.807, 2.05) is 4.90 Å². The molecular formula is C18H19ClN4O. The van der Waals surface area contributed by atoms with Gasteiger partial charge in [-0.3, -0.25) is 4.79 Å². The number of allylic oxidation sites excluding steroid dienone is 2. The number of fused-ring (bicyclic) bond motifs is 1. The van der Waals surface area contributed by atoms with Gasteiger partial charge < -0.3 is 4.90 Å². The Bertz CT molecular complexity index is 909. The Morgan fingerprint density at radius 3 is 3.00 bits per heavy atom. The molecule has 1 unspecified atom stereocenters. The molecule has 0 bridgehead atoms. The zero-order valence-corrected chi connectivity index (χ0v) is 14.7. The third kappa shape index (κ3) is 2.26. The van der Waals surface area contributed by atoms with Crippen molar-refractivity contribution in [2.24, 2.45) is 5.41 Å². The smallest absolute Gasteiger partial charge is 0.274 e. The van der Waals surface area contributed by atoms with E-state index in [1.54, 1.807) is 23.0 Å². The second-order valence-corrected chi connectivity index (χ2v) is 7.46. The molecule has 124 valence electrons. The van der Waals surface area contributed by atoms with Gasteiger partial charge in [-0.05, 0) is 24.5 Å². The molecule has 0 spiro atoms. The maximum atomic E-state index is 13.0. The predicted octanol–water partition coefficient (Wildman–Crippen LogP) is 3.51. The van der Waals surface area contributed by atoms with Crippen molar-refractivity contribution in [3.63, 3.8) is 0 Å². The first-order chi connectivity index (χ1) is 11.4. The summed E-state index contributed by atoms with van der Waals surface area (Å²) in [4.78, 5) is 19.1. The predicted molar refractivity (Wildman–Crippen MR) is 93.1 cm³/mol. The number of hydrogen-bond donors (Lipinski definition) is 0. The number of nitrogens with zero attached hydrogens (tertiary/aromatic N) is 4. The molecule has 1 aliphatic heterocycles. The Kier molecular flexibility index (Phi) is 3.32. The van der Waals surface area contributed by atoms with Gasteiger partial charge in [-0.15, -0.1) is 0 Å². The lowest BCUT2D eigenvalue weighted by Crippen LogP contribution is -2.45. The summed E-state index contributed by atoms with van der Waals surface area (Å²) in [5.74, 6) is -0.0571. The van der Waals surface area contributed by atoms with Gasteiger partial charge in [0.05, 0.1) is 17.3 Å². The van der Waals surface area contributed by atoms with Crippen LogP contribution in [0.5, 0.6) is 0 Å². The van der Waals surface area contributed by atoms with Crippen LogP contribution in [0.2, 0.25) is 5.02 Å². The van der Waals surface area contributed by atoms with E-state index in [-0.39, 0.29) is 17.4 Å². The minimum absolute atomic E-state index is 0.00168. The van der Waals surface area contributed by atoms with Crippen molar-refractivity contribution in [1.82, 2.24) is 19.5 Å². The molecule has 1 aliphatic carbocycles. The highest BCUT2D eigenvalue weighted by Crippen LogP contribution is 2.43. The van der Waals surface area contributed by atoms with Crippen molar-refractivity contribution in [2.75, 3.05) is 6.54 Å². The fraction of sp³-hybridized carbons (Fsp3) is 0.389. The van der Waals surface area contributed by atoms with E-state index in [1.165, 1.54) is 11.1 Å². The Labute approximate surface area is 145 Å². The largest absolute Gasteiger partial charge is 0.330 e. The molecule has 2 aromatic rings. The minimum Gasteiger partial charge on any atom is -0.330 e. The average molecular weight is 343 g/mol. The molecular weight excluding hydrogens is 324 g/mol. The number of carbonyl (C=O) groups excluding carboxylic acids is 1. The zero-order valence-electron chi connectivity index (χ0n) is 14.0. The summed E-state index contributed by atoms with van der Waals surface area (Å²) in [6.45, 7) is 7.22. The molecule has 2 aromatic heterocycles. The molecule has 3 heterocycles. The van der Waals surface area contributed by atoms with Gasteiger partial charge >= 0.3 is 0 Å². The van der Waals surface area contributed by atoms with Crippen molar-refractivity contribution >= 4 is 23.2 Å². The van der Waals surface area contributed by atoms with Crippen LogP contribution in [0.15, 0.2) is 41.8 Å². The molecule has 6 heteroatoms. The first-order valence-electron chi connectivity index (χ1n) is 8.11. The van der Waals surface area contributed by atoms with Crippen molar-refractivity contribution in [1.29, 1.82) is 0 Å². The van der Waals surface area contributed by atoms with Crippen molar-refractivity contribution in [3.8, 4) is 0 Å². The van der Waals surface area contributed by atoms with Crippen LogP contribution in [0.25, 0.3) is 5.65 Å². The molecule has 0 radical (unpaired) electrons. The lowest BCUT2D eigenvalue weighted by Gasteiger charge is -2.39. The van der Waals surface area contributed by atoms with Gasteiger partial charge in [0.25, 0.3) is 5.91 Å². The van der Waals surface area contributed by atoms with E-state index in [0.717, 1.165) is 6.42 Å². The quantitative estimate of drug-likeness (QED) is 0.796. The number of hydrogen-bond acceptors (Lipinski definition) is 3. The van der Waals surface area contributed by atoms with Crippen molar-refractivity contribution < 1.29 is 4.79 Å². The summed E-state index contributed by atoms with van der Waals surface area (Å²) in [6.07, 6.45) is 8.55. The lowest BCUT2D eigenvalue weighted by atomic mass is 9.79. The number of amides is 1. The van der Waals surface area contributed by atoms with Gasteiger partial charge in [0, 0.05) is 24.2 Å². The van der Waals surface area contributed by atoms with Crippen LogP contribution >= 0.6 is 11.6 Å². The van der Waals surface area contributed by atoms with E-state index in [9.17, 15) is 4.79 Å². The normalized spacial score (nSPS) is 22.3. The number of carbonyl (C=O) groups is 1. The Balaban J connectivity index is 1.67. The Morgan fingerprint density at radius 1 is 1.42 bits per heavy atom. The molecule has 0 saturated carbocycles. The Morgan fingerprint density at radius 2 is 2.21 bits per heavy atom. The second-order valence-electron chi connectivity index (χ2n) is 7.02. The average Bonchev–Trinajstić information content (AvgIpc) is 3.08. The number of rotatable bonds is 1. The highest BCUT2D eigenvalue weighted by atomic mass is 35.5. The van der Waals surface area contributed by atoms with Gasteiger partial charge in [0.15, 0.2) is 11.3 Å². The molecule has 1 atom stereocenters. The molecule has 0 N–H and O–H groups in total. The Hall–Kier alpha value is -2.14. The van der Waals surface area contributed by atoms with Crippen LogP contribution in [-0.4, -0.2) is 38.0 Å². The SMILES string of the molecule is CC1C2=C(C=CC2(C)C)CCN1C(=O)c1cc2ncc(Cl)cn2n1. The van der Waals surface area contributed by atoms with Gasteiger partial charge in [-0.1, -0.05) is 37.6 Å². The van der Waals surface area contributed by atoms with E-state index in [4.69, 9.17) is 11.6 Å². The van der Waals surface area contributed by atoms with Crippen LogP contribution < -0.4 is 0 Å².